The van der Waals surface area contributed by atoms with Crippen LogP contribution in [-0.2, 0) is 16.0 Å². The predicted octanol–water partition coefficient (Wildman–Crippen LogP) is 1.32. The van der Waals surface area contributed by atoms with E-state index in [1.54, 1.807) is 6.07 Å². The van der Waals surface area contributed by atoms with Gasteiger partial charge < -0.3 is 14.9 Å². The van der Waals surface area contributed by atoms with E-state index in [4.69, 9.17) is 9.84 Å². The fraction of sp³-hybridized carbons (Fsp3) is 0.333. The number of aliphatic carboxylic acids is 1. The summed E-state index contributed by atoms with van der Waals surface area (Å²) in [7, 11) is 1.43. The fourth-order valence-electron chi connectivity index (χ4n) is 1.48. The number of hydrogen-bond donors (Lipinski definition) is 2. The highest BCUT2D eigenvalue weighted by atomic mass is 79.9. The highest BCUT2D eigenvalue weighted by Crippen LogP contribution is 2.23. The van der Waals surface area contributed by atoms with Gasteiger partial charge in [0.05, 0.1) is 12.4 Å². The summed E-state index contributed by atoms with van der Waals surface area (Å²) in [6, 6.07) is 4.56. The average molecular weight is 317 g/mol. The maximum absolute atomic E-state index is 11.3. The van der Waals surface area contributed by atoms with Gasteiger partial charge in [0.15, 0.2) is 6.10 Å². The number of ether oxygens (including phenoxy) is 1. The minimum atomic E-state index is -1.63. The average Bonchev–Trinajstić information content (AvgIpc) is 2.36. The molecule has 5 nitrogen and oxygen atoms in total. The van der Waals surface area contributed by atoms with Crippen molar-refractivity contribution in [3.8, 4) is 5.75 Å². The number of carboxylic acid groups (broad SMARTS) is 1. The largest absolute Gasteiger partial charge is 0.497 e. The molecule has 1 aromatic rings. The summed E-state index contributed by atoms with van der Waals surface area (Å²) in [6.07, 6.45) is -1.47. The van der Waals surface area contributed by atoms with Gasteiger partial charge in [0.25, 0.3) is 0 Å². The Bertz CT molecular complexity index is 458. The Hall–Kier alpha value is -1.40. The molecule has 98 valence electrons. The summed E-state index contributed by atoms with van der Waals surface area (Å²) >= 11 is 3.05. The number of alkyl halides is 1. The van der Waals surface area contributed by atoms with Crippen LogP contribution in [0.1, 0.15) is 17.2 Å². The zero-order valence-corrected chi connectivity index (χ0v) is 11.3. The van der Waals surface area contributed by atoms with E-state index >= 15 is 0 Å². The smallest absolute Gasteiger partial charge is 0.337 e. The zero-order chi connectivity index (χ0) is 13.7. The van der Waals surface area contributed by atoms with Crippen molar-refractivity contribution in [2.45, 2.75) is 12.5 Å². The van der Waals surface area contributed by atoms with Crippen molar-refractivity contribution >= 4 is 27.7 Å². The standard InChI is InChI=1S/C12H13BrO5/c1-18-10-4-7(3-9(14)6-13)2-8(5-10)11(15)12(16)17/h2,4-5,11,15H,3,6H2,1H3,(H,16,17). The van der Waals surface area contributed by atoms with Gasteiger partial charge in [-0.05, 0) is 23.3 Å². The summed E-state index contributed by atoms with van der Waals surface area (Å²) in [5.74, 6) is -0.981. The van der Waals surface area contributed by atoms with Gasteiger partial charge in [0.1, 0.15) is 11.5 Å². The molecule has 0 bridgehead atoms. The molecule has 0 saturated heterocycles. The number of carbonyl (C=O) groups excluding carboxylic acids is 1. The Kier molecular flexibility index (Phi) is 5.30. The SMILES string of the molecule is COc1cc(CC(=O)CBr)cc(C(O)C(=O)O)c1. The third kappa shape index (κ3) is 3.82. The van der Waals surface area contributed by atoms with Crippen LogP contribution < -0.4 is 4.74 Å². The van der Waals surface area contributed by atoms with Crippen LogP contribution in [0.2, 0.25) is 0 Å². The van der Waals surface area contributed by atoms with Crippen molar-refractivity contribution in [1.29, 1.82) is 0 Å². The molecular weight excluding hydrogens is 304 g/mol. The van der Waals surface area contributed by atoms with E-state index in [1.807, 2.05) is 0 Å². The minimum absolute atomic E-state index is 0.0426. The van der Waals surface area contributed by atoms with Crippen molar-refractivity contribution in [1.82, 2.24) is 0 Å². The second kappa shape index (κ2) is 6.51. The molecule has 1 unspecified atom stereocenters. The summed E-state index contributed by atoms with van der Waals surface area (Å²) < 4.78 is 5.01. The number of carboxylic acids is 1. The molecule has 1 aromatic carbocycles. The monoisotopic (exact) mass is 316 g/mol. The van der Waals surface area contributed by atoms with E-state index in [1.165, 1.54) is 19.2 Å². The Balaban J connectivity index is 3.08. The molecule has 0 aromatic heterocycles. The molecule has 0 radical (unpaired) electrons. The minimum Gasteiger partial charge on any atom is -0.497 e. The quantitative estimate of drug-likeness (QED) is 0.773. The number of Topliss-reactive ketones (excluding diaryl/α,β-unsaturated/α-hetero) is 1. The van der Waals surface area contributed by atoms with Gasteiger partial charge in [-0.1, -0.05) is 22.0 Å². The first-order valence-corrected chi connectivity index (χ1v) is 6.26. The van der Waals surface area contributed by atoms with Crippen LogP contribution in [0.3, 0.4) is 0 Å². The van der Waals surface area contributed by atoms with E-state index in [0.29, 0.717) is 11.3 Å². The maximum Gasteiger partial charge on any atom is 0.337 e. The first-order valence-electron chi connectivity index (χ1n) is 5.14. The molecule has 0 saturated carbocycles. The van der Waals surface area contributed by atoms with Crippen LogP contribution in [0.15, 0.2) is 18.2 Å². The summed E-state index contributed by atoms with van der Waals surface area (Å²) in [4.78, 5) is 22.1. The van der Waals surface area contributed by atoms with Crippen molar-refractivity contribution in [3.63, 3.8) is 0 Å². The first-order chi connectivity index (χ1) is 8.47. The Morgan fingerprint density at radius 2 is 2.06 bits per heavy atom. The maximum atomic E-state index is 11.3. The molecule has 1 rings (SSSR count). The molecule has 18 heavy (non-hydrogen) atoms. The summed E-state index contributed by atoms with van der Waals surface area (Å²) in [5, 5.41) is 18.5. The van der Waals surface area contributed by atoms with Crippen molar-refractivity contribution in [3.05, 3.63) is 29.3 Å². The number of ketones is 1. The van der Waals surface area contributed by atoms with Gasteiger partial charge in [-0.3, -0.25) is 4.79 Å². The number of aliphatic hydroxyl groups excluding tert-OH is 1. The van der Waals surface area contributed by atoms with Crippen LogP contribution in [0.5, 0.6) is 5.75 Å². The van der Waals surface area contributed by atoms with Crippen LogP contribution in [-0.4, -0.2) is 34.4 Å². The van der Waals surface area contributed by atoms with E-state index < -0.39 is 12.1 Å². The second-order valence-electron chi connectivity index (χ2n) is 3.70. The zero-order valence-electron chi connectivity index (χ0n) is 9.72. The fourth-order valence-corrected chi connectivity index (χ4v) is 1.68. The Morgan fingerprint density at radius 1 is 1.39 bits per heavy atom. The number of carbonyl (C=O) groups is 2. The number of halogens is 1. The van der Waals surface area contributed by atoms with Crippen LogP contribution >= 0.6 is 15.9 Å². The molecule has 2 N–H and O–H groups in total. The highest BCUT2D eigenvalue weighted by Gasteiger charge is 2.18. The molecule has 0 fully saturated rings. The van der Waals surface area contributed by atoms with E-state index in [2.05, 4.69) is 15.9 Å². The van der Waals surface area contributed by atoms with Crippen molar-refractivity contribution in [2.75, 3.05) is 12.4 Å². The van der Waals surface area contributed by atoms with Crippen LogP contribution in [0.25, 0.3) is 0 Å². The Labute approximate surface area is 113 Å². The second-order valence-corrected chi connectivity index (χ2v) is 4.27. The molecular formula is C12H13BrO5. The third-order valence-electron chi connectivity index (χ3n) is 2.32. The lowest BCUT2D eigenvalue weighted by atomic mass is 10.0. The molecule has 1 atom stereocenters. The molecule has 0 aliphatic rings. The molecule has 0 aliphatic carbocycles. The van der Waals surface area contributed by atoms with Crippen LogP contribution in [0.4, 0.5) is 0 Å². The van der Waals surface area contributed by atoms with Gasteiger partial charge in [0.2, 0.25) is 0 Å². The van der Waals surface area contributed by atoms with Gasteiger partial charge in [-0.25, -0.2) is 4.79 Å². The van der Waals surface area contributed by atoms with Crippen molar-refractivity contribution < 1.29 is 24.5 Å². The molecule has 0 aliphatic heterocycles. The Morgan fingerprint density at radius 3 is 2.56 bits per heavy atom. The van der Waals surface area contributed by atoms with Gasteiger partial charge in [-0.2, -0.15) is 0 Å². The molecule has 6 heteroatoms. The molecule has 0 heterocycles. The van der Waals surface area contributed by atoms with Gasteiger partial charge >= 0.3 is 5.97 Å². The lowest BCUT2D eigenvalue weighted by Gasteiger charge is -2.10. The normalized spacial score (nSPS) is 11.9. The lowest BCUT2D eigenvalue weighted by Crippen LogP contribution is -2.12. The number of aliphatic hydroxyl groups is 1. The summed E-state index contributed by atoms with van der Waals surface area (Å²) in [6.45, 7) is 0. The van der Waals surface area contributed by atoms with Gasteiger partial charge in [-0.15, -0.1) is 0 Å². The van der Waals surface area contributed by atoms with Crippen LogP contribution in [0, 0.1) is 0 Å². The van der Waals surface area contributed by atoms with E-state index in [-0.39, 0.29) is 23.1 Å². The number of hydrogen-bond acceptors (Lipinski definition) is 4. The van der Waals surface area contributed by atoms with E-state index in [0.717, 1.165) is 0 Å². The number of rotatable bonds is 6. The van der Waals surface area contributed by atoms with E-state index in [9.17, 15) is 14.7 Å². The third-order valence-corrected chi connectivity index (χ3v) is 2.95. The topological polar surface area (TPSA) is 83.8 Å². The lowest BCUT2D eigenvalue weighted by molar-refractivity contribution is -0.146. The highest BCUT2D eigenvalue weighted by molar-refractivity contribution is 9.09. The van der Waals surface area contributed by atoms with Gasteiger partial charge in [0, 0.05) is 6.42 Å². The molecule has 0 amide bonds. The number of methoxy groups -OCH3 is 1. The van der Waals surface area contributed by atoms with Crippen molar-refractivity contribution in [2.24, 2.45) is 0 Å². The first kappa shape index (κ1) is 14.7. The number of benzene rings is 1. The summed E-state index contributed by atoms with van der Waals surface area (Å²) in [5.41, 5.74) is 0.799. The molecule has 0 spiro atoms. The predicted molar refractivity (Wildman–Crippen MR) is 68.1 cm³/mol.